The zero-order valence-electron chi connectivity index (χ0n) is 29.0. The molecule has 4 aromatic heterocycles. The van der Waals surface area contributed by atoms with Crippen molar-refractivity contribution in [1.82, 2.24) is 19.8 Å². The van der Waals surface area contributed by atoms with E-state index in [0.29, 0.717) is 45.4 Å². The fourth-order valence-corrected chi connectivity index (χ4v) is 9.09. The first-order valence-corrected chi connectivity index (χ1v) is 19.5. The number of aliphatic hydroxyl groups is 2. The van der Waals surface area contributed by atoms with E-state index < -0.39 is 17.7 Å². The number of benzene rings is 2. The van der Waals surface area contributed by atoms with E-state index in [2.05, 4.69) is 57.3 Å². The number of aromatic hydroxyl groups is 1. The van der Waals surface area contributed by atoms with E-state index in [1.54, 1.807) is 24.3 Å². The van der Waals surface area contributed by atoms with E-state index in [9.17, 15) is 24.9 Å². The van der Waals surface area contributed by atoms with E-state index >= 15 is 0 Å². The zero-order chi connectivity index (χ0) is 36.2. The van der Waals surface area contributed by atoms with Crippen LogP contribution in [0.3, 0.4) is 0 Å². The summed E-state index contributed by atoms with van der Waals surface area (Å²) in [6, 6.07) is 22.4. The fourth-order valence-electron chi connectivity index (χ4n) is 7.37. The van der Waals surface area contributed by atoms with Crippen LogP contribution in [0.1, 0.15) is 59.1 Å². The Balaban J connectivity index is 0.861. The lowest BCUT2D eigenvalue weighted by Gasteiger charge is -2.35. The van der Waals surface area contributed by atoms with Crippen molar-refractivity contribution in [3.63, 3.8) is 0 Å². The van der Waals surface area contributed by atoms with Gasteiger partial charge in [-0.05, 0) is 115 Å². The van der Waals surface area contributed by atoms with Crippen LogP contribution in [0.5, 0.6) is 5.75 Å². The van der Waals surface area contributed by atoms with E-state index in [0.717, 1.165) is 50.8 Å². The molecule has 6 aromatic rings. The molecule has 4 heterocycles. The number of thiophene rings is 2. The summed E-state index contributed by atoms with van der Waals surface area (Å²) in [6.45, 7) is 2.76. The molecule has 0 saturated heterocycles. The molecule has 1 fully saturated rings. The van der Waals surface area contributed by atoms with Gasteiger partial charge in [0.05, 0.1) is 21.4 Å². The third kappa shape index (κ3) is 7.59. The van der Waals surface area contributed by atoms with Crippen molar-refractivity contribution in [2.45, 2.75) is 69.0 Å². The van der Waals surface area contributed by atoms with E-state index in [-0.39, 0.29) is 17.4 Å². The number of H-pyrrole nitrogens is 1. The molecule has 272 valence electrons. The highest BCUT2D eigenvalue weighted by molar-refractivity contribution is 7.12. The summed E-state index contributed by atoms with van der Waals surface area (Å²) in [6.07, 6.45) is 5.57. The largest absolute Gasteiger partial charge is 0.506 e. The predicted molar refractivity (Wildman–Crippen MR) is 206 cm³/mol. The number of phenols is 1. The molecule has 1 aliphatic carbocycles. The second kappa shape index (κ2) is 15.7. The van der Waals surface area contributed by atoms with Crippen LogP contribution >= 0.6 is 22.7 Å². The SMILES string of the molecule is CN(CCCn1ccc2cc(CNC[C@@H](O)c3ccc(O)c4[nH]c(=O)ccc34)ccc21)C1CCC(OC(=O)C(O)(c2cccs2)c2cccs2)CC1. The number of esters is 1. The number of ether oxygens (including phenoxy) is 1. The maximum absolute atomic E-state index is 13.4. The summed E-state index contributed by atoms with van der Waals surface area (Å²) in [5.74, 6) is -0.616. The highest BCUT2D eigenvalue weighted by atomic mass is 32.1. The number of aliphatic hydroxyl groups excluding tert-OH is 1. The molecule has 0 unspecified atom stereocenters. The summed E-state index contributed by atoms with van der Waals surface area (Å²) < 4.78 is 8.25. The predicted octanol–water partition coefficient (Wildman–Crippen LogP) is 6.25. The number of aromatic nitrogens is 2. The quantitative estimate of drug-likeness (QED) is 0.0827. The van der Waals surface area contributed by atoms with Crippen molar-refractivity contribution in [3.8, 4) is 5.75 Å². The van der Waals surface area contributed by atoms with Crippen molar-refractivity contribution >= 4 is 50.4 Å². The van der Waals surface area contributed by atoms with Gasteiger partial charge in [0.15, 0.2) is 0 Å². The molecular weight excluding hydrogens is 697 g/mol. The monoisotopic (exact) mass is 740 g/mol. The highest BCUT2D eigenvalue weighted by Gasteiger charge is 2.45. The third-order valence-electron chi connectivity index (χ3n) is 10.3. The molecule has 2 aromatic carbocycles. The molecule has 0 radical (unpaired) electrons. The Hall–Kier alpha value is -4.30. The van der Waals surface area contributed by atoms with Gasteiger partial charge in [0, 0.05) is 48.8 Å². The van der Waals surface area contributed by atoms with Crippen LogP contribution in [-0.4, -0.2) is 68.0 Å². The average molecular weight is 741 g/mol. The standard InChI is InChI=1S/C40H44N4O6S2/c1-43(28-8-10-29(11-9-28)50-39(48)40(49,35-5-2-21-51-35)36-6-3-22-52-36)18-4-19-44-20-17-27-23-26(7-14-32(27)44)24-41-25-34(46)30-12-15-33(45)38-31(30)13-16-37(47)42-38/h2-3,5-7,12-17,20-23,28-29,34,41,45-46,49H,4,8-11,18-19,24-25H2,1H3,(H,42,47)/t28?,29?,34-/m1/s1. The third-order valence-corrected chi connectivity index (χ3v) is 12.2. The van der Waals surface area contributed by atoms with E-state index in [1.807, 2.05) is 22.9 Å². The molecule has 52 heavy (non-hydrogen) atoms. The van der Waals surface area contributed by atoms with Gasteiger partial charge in [-0.25, -0.2) is 4.79 Å². The first-order valence-electron chi connectivity index (χ1n) is 17.7. The van der Waals surface area contributed by atoms with Crippen molar-refractivity contribution in [1.29, 1.82) is 0 Å². The summed E-state index contributed by atoms with van der Waals surface area (Å²) in [4.78, 5) is 31.3. The molecule has 0 spiro atoms. The van der Waals surface area contributed by atoms with Gasteiger partial charge in [0.25, 0.3) is 0 Å². The number of pyridine rings is 1. The minimum absolute atomic E-state index is 0.0286. The van der Waals surface area contributed by atoms with Gasteiger partial charge in [-0.15, -0.1) is 22.7 Å². The van der Waals surface area contributed by atoms with Gasteiger partial charge < -0.3 is 39.8 Å². The number of phenolic OH excluding ortho intramolecular Hbond substituents is 1. The Morgan fingerprint density at radius 3 is 2.50 bits per heavy atom. The van der Waals surface area contributed by atoms with Crippen molar-refractivity contribution in [3.05, 3.63) is 121 Å². The van der Waals surface area contributed by atoms with Crippen LogP contribution in [-0.2, 0) is 28.2 Å². The molecule has 5 N–H and O–H groups in total. The Morgan fingerprint density at radius 1 is 1.04 bits per heavy atom. The summed E-state index contributed by atoms with van der Waals surface area (Å²) in [7, 11) is 2.18. The molecule has 12 heteroatoms. The van der Waals surface area contributed by atoms with Gasteiger partial charge >= 0.3 is 5.97 Å². The van der Waals surface area contributed by atoms with Gasteiger partial charge in [0.1, 0.15) is 11.9 Å². The number of carbonyl (C=O) groups excluding carboxylic acids is 1. The number of rotatable bonds is 14. The molecule has 1 saturated carbocycles. The number of carbonyl (C=O) groups is 1. The topological polar surface area (TPSA) is 140 Å². The summed E-state index contributed by atoms with van der Waals surface area (Å²) in [5, 5.41) is 41.5. The number of aromatic amines is 1. The number of fused-ring (bicyclic) bond motifs is 2. The molecule has 0 aliphatic heterocycles. The second-order valence-corrected chi connectivity index (χ2v) is 15.6. The van der Waals surface area contributed by atoms with E-state index in [4.69, 9.17) is 4.74 Å². The Labute approximate surface area is 309 Å². The first-order chi connectivity index (χ1) is 25.2. The van der Waals surface area contributed by atoms with Gasteiger partial charge in [0.2, 0.25) is 11.2 Å². The van der Waals surface area contributed by atoms with Crippen molar-refractivity contribution < 1.29 is 24.9 Å². The number of nitrogens with zero attached hydrogens (tertiary/aromatic N) is 2. The lowest BCUT2D eigenvalue weighted by Crippen LogP contribution is -2.42. The maximum Gasteiger partial charge on any atom is 0.349 e. The number of nitrogens with one attached hydrogen (secondary N) is 2. The smallest absolute Gasteiger partial charge is 0.349 e. The normalized spacial score (nSPS) is 17.2. The van der Waals surface area contributed by atoms with Crippen molar-refractivity contribution in [2.75, 3.05) is 20.1 Å². The van der Waals surface area contributed by atoms with Crippen LogP contribution in [0.4, 0.5) is 0 Å². The van der Waals surface area contributed by atoms with Crippen LogP contribution < -0.4 is 10.9 Å². The Kier molecular flexibility index (Phi) is 10.9. The second-order valence-electron chi connectivity index (χ2n) is 13.7. The van der Waals surface area contributed by atoms with Crippen LogP contribution in [0.2, 0.25) is 0 Å². The minimum atomic E-state index is -1.77. The fraction of sp³-hybridized carbons (Fsp3) is 0.350. The number of hydrogen-bond donors (Lipinski definition) is 5. The molecule has 1 atom stereocenters. The lowest BCUT2D eigenvalue weighted by molar-refractivity contribution is -0.169. The lowest BCUT2D eigenvalue weighted by atomic mass is 9.91. The number of aryl methyl sites for hydroxylation is 1. The minimum Gasteiger partial charge on any atom is -0.506 e. The molecule has 10 nitrogen and oxygen atoms in total. The van der Waals surface area contributed by atoms with Gasteiger partial charge in [-0.1, -0.05) is 24.3 Å². The van der Waals surface area contributed by atoms with Crippen LogP contribution in [0.15, 0.2) is 94.5 Å². The van der Waals surface area contributed by atoms with Crippen LogP contribution in [0.25, 0.3) is 21.8 Å². The number of hydrogen-bond acceptors (Lipinski definition) is 10. The average Bonchev–Trinajstić information content (AvgIpc) is 3.96. The Morgan fingerprint density at radius 2 is 1.79 bits per heavy atom. The van der Waals surface area contributed by atoms with Gasteiger partial charge in [-0.2, -0.15) is 0 Å². The molecule has 7 rings (SSSR count). The summed E-state index contributed by atoms with van der Waals surface area (Å²) >= 11 is 2.72. The van der Waals surface area contributed by atoms with Crippen molar-refractivity contribution in [2.24, 2.45) is 0 Å². The summed E-state index contributed by atoms with van der Waals surface area (Å²) in [5.41, 5.74) is 1.18. The maximum atomic E-state index is 13.4. The first kappa shape index (κ1) is 36.1. The van der Waals surface area contributed by atoms with Crippen LogP contribution in [0, 0.1) is 0 Å². The Bertz CT molecular complexity index is 2140. The molecule has 0 amide bonds. The molecule has 0 bridgehead atoms. The van der Waals surface area contributed by atoms with Gasteiger partial charge in [-0.3, -0.25) is 4.79 Å². The zero-order valence-corrected chi connectivity index (χ0v) is 30.7. The molecular formula is C40H44N4O6S2. The van der Waals surface area contributed by atoms with E-state index in [1.165, 1.54) is 45.7 Å². The molecule has 1 aliphatic rings. The highest BCUT2D eigenvalue weighted by Crippen LogP contribution is 2.38.